The lowest BCUT2D eigenvalue weighted by atomic mass is 10.2. The van der Waals surface area contributed by atoms with E-state index in [0.717, 1.165) is 16.6 Å². The lowest BCUT2D eigenvalue weighted by Gasteiger charge is -2.04. The van der Waals surface area contributed by atoms with Crippen molar-refractivity contribution in [2.75, 3.05) is 5.32 Å². The van der Waals surface area contributed by atoms with E-state index >= 15 is 0 Å². The van der Waals surface area contributed by atoms with Crippen molar-refractivity contribution in [3.63, 3.8) is 0 Å². The van der Waals surface area contributed by atoms with Crippen molar-refractivity contribution in [1.29, 1.82) is 0 Å². The second kappa shape index (κ2) is 5.40. The molecule has 1 N–H and O–H groups in total. The van der Waals surface area contributed by atoms with Crippen molar-refractivity contribution in [2.24, 2.45) is 14.1 Å². The SMILES string of the molecule is Cn1cc(CCC(=O)Nc2nc3ccccc3n2C)cn1. The maximum Gasteiger partial charge on any atom is 0.227 e. The summed E-state index contributed by atoms with van der Waals surface area (Å²) in [6.45, 7) is 0. The van der Waals surface area contributed by atoms with Crippen LogP contribution in [-0.2, 0) is 25.3 Å². The van der Waals surface area contributed by atoms with Gasteiger partial charge in [0.2, 0.25) is 11.9 Å². The number of aromatic nitrogens is 4. The van der Waals surface area contributed by atoms with Gasteiger partial charge in [0.15, 0.2) is 0 Å². The molecule has 2 aromatic heterocycles. The molecular weight excluding hydrogens is 266 g/mol. The molecule has 1 amide bonds. The molecule has 0 unspecified atom stereocenters. The Morgan fingerprint density at radius 2 is 2.10 bits per heavy atom. The van der Waals surface area contributed by atoms with Crippen LogP contribution in [0.2, 0.25) is 0 Å². The minimum atomic E-state index is -0.0442. The minimum Gasteiger partial charge on any atom is -0.313 e. The highest BCUT2D eigenvalue weighted by Gasteiger charge is 2.10. The van der Waals surface area contributed by atoms with Gasteiger partial charge in [0.05, 0.1) is 17.2 Å². The van der Waals surface area contributed by atoms with Crippen molar-refractivity contribution < 1.29 is 4.79 Å². The molecular formula is C15H17N5O. The quantitative estimate of drug-likeness (QED) is 0.795. The summed E-state index contributed by atoms with van der Waals surface area (Å²) in [6, 6.07) is 7.80. The van der Waals surface area contributed by atoms with Crippen LogP contribution < -0.4 is 5.32 Å². The number of amides is 1. The number of para-hydroxylation sites is 2. The number of hydrogen-bond acceptors (Lipinski definition) is 3. The standard InChI is InChI=1S/C15H17N5O/c1-19-10-11(9-16-19)7-8-14(21)18-15-17-12-5-3-4-6-13(12)20(15)2/h3-6,9-10H,7-8H2,1-2H3,(H,17,18,21). The van der Waals surface area contributed by atoms with Crippen molar-refractivity contribution in [3.05, 3.63) is 42.2 Å². The van der Waals surface area contributed by atoms with E-state index in [1.807, 2.05) is 49.1 Å². The fourth-order valence-corrected chi connectivity index (χ4v) is 2.30. The predicted molar refractivity (Wildman–Crippen MR) is 80.9 cm³/mol. The van der Waals surface area contributed by atoms with Crippen molar-refractivity contribution in [2.45, 2.75) is 12.8 Å². The first kappa shape index (κ1) is 13.4. The van der Waals surface area contributed by atoms with Gasteiger partial charge in [0.25, 0.3) is 0 Å². The summed E-state index contributed by atoms with van der Waals surface area (Å²) in [5.41, 5.74) is 2.93. The molecule has 0 aliphatic heterocycles. The summed E-state index contributed by atoms with van der Waals surface area (Å²) in [7, 11) is 3.76. The fraction of sp³-hybridized carbons (Fsp3) is 0.267. The Bertz CT molecular complexity index is 786. The first-order chi connectivity index (χ1) is 10.1. The molecule has 0 fully saturated rings. The van der Waals surface area contributed by atoms with Gasteiger partial charge in [-0.2, -0.15) is 5.10 Å². The fourth-order valence-electron chi connectivity index (χ4n) is 2.30. The van der Waals surface area contributed by atoms with E-state index in [1.165, 1.54) is 0 Å². The molecule has 2 heterocycles. The Labute approximate surface area is 122 Å². The molecule has 0 saturated heterocycles. The predicted octanol–water partition coefficient (Wildman–Crippen LogP) is 1.88. The first-order valence-electron chi connectivity index (χ1n) is 6.82. The molecule has 0 spiro atoms. The van der Waals surface area contributed by atoms with Crippen LogP contribution in [0.5, 0.6) is 0 Å². The first-order valence-corrected chi connectivity index (χ1v) is 6.82. The highest BCUT2D eigenvalue weighted by molar-refractivity contribution is 5.91. The van der Waals surface area contributed by atoms with Crippen LogP contribution in [0.3, 0.4) is 0 Å². The molecule has 1 aromatic carbocycles. The summed E-state index contributed by atoms with van der Waals surface area (Å²) in [5, 5.41) is 6.95. The average molecular weight is 283 g/mol. The van der Waals surface area contributed by atoms with Gasteiger partial charge in [-0.05, 0) is 24.1 Å². The number of hydrogen-bond donors (Lipinski definition) is 1. The van der Waals surface area contributed by atoms with Crippen LogP contribution in [0, 0.1) is 0 Å². The van der Waals surface area contributed by atoms with Crippen LogP contribution >= 0.6 is 0 Å². The highest BCUT2D eigenvalue weighted by atomic mass is 16.1. The van der Waals surface area contributed by atoms with Gasteiger partial charge in [-0.25, -0.2) is 4.98 Å². The molecule has 3 rings (SSSR count). The summed E-state index contributed by atoms with van der Waals surface area (Å²) < 4.78 is 3.62. The Hall–Kier alpha value is -2.63. The maximum atomic E-state index is 12.0. The Morgan fingerprint density at radius 1 is 1.29 bits per heavy atom. The van der Waals surface area contributed by atoms with Gasteiger partial charge in [0.1, 0.15) is 0 Å². The van der Waals surface area contributed by atoms with Gasteiger partial charge in [0, 0.05) is 26.7 Å². The van der Waals surface area contributed by atoms with E-state index in [-0.39, 0.29) is 5.91 Å². The number of fused-ring (bicyclic) bond motifs is 1. The number of nitrogens with one attached hydrogen (secondary N) is 1. The van der Waals surface area contributed by atoms with E-state index in [2.05, 4.69) is 15.4 Å². The van der Waals surface area contributed by atoms with Crippen molar-refractivity contribution in [3.8, 4) is 0 Å². The van der Waals surface area contributed by atoms with Crippen molar-refractivity contribution >= 4 is 22.9 Å². The number of aryl methyl sites for hydroxylation is 3. The second-order valence-electron chi connectivity index (χ2n) is 5.05. The molecule has 0 aliphatic rings. The van der Waals surface area contributed by atoms with Gasteiger partial charge >= 0.3 is 0 Å². The number of rotatable bonds is 4. The summed E-state index contributed by atoms with van der Waals surface area (Å²) in [6.07, 6.45) is 4.78. The zero-order valence-corrected chi connectivity index (χ0v) is 12.1. The molecule has 108 valence electrons. The van der Waals surface area contributed by atoms with Gasteiger partial charge in [-0.1, -0.05) is 12.1 Å². The summed E-state index contributed by atoms with van der Waals surface area (Å²) in [4.78, 5) is 16.5. The number of imidazole rings is 1. The molecule has 0 radical (unpaired) electrons. The smallest absolute Gasteiger partial charge is 0.227 e. The number of anilines is 1. The van der Waals surface area contributed by atoms with E-state index in [0.29, 0.717) is 18.8 Å². The highest BCUT2D eigenvalue weighted by Crippen LogP contribution is 2.17. The van der Waals surface area contributed by atoms with Crippen LogP contribution in [-0.4, -0.2) is 25.2 Å². The third kappa shape index (κ3) is 2.79. The molecule has 21 heavy (non-hydrogen) atoms. The molecule has 0 bridgehead atoms. The lowest BCUT2D eigenvalue weighted by Crippen LogP contribution is -2.15. The minimum absolute atomic E-state index is 0.0442. The second-order valence-corrected chi connectivity index (χ2v) is 5.05. The topological polar surface area (TPSA) is 64.7 Å². The number of nitrogens with zero attached hydrogens (tertiary/aromatic N) is 4. The molecule has 0 atom stereocenters. The lowest BCUT2D eigenvalue weighted by molar-refractivity contribution is -0.116. The molecule has 6 heteroatoms. The van der Waals surface area contributed by atoms with Crippen LogP contribution in [0.1, 0.15) is 12.0 Å². The number of carbonyl (C=O) groups excluding carboxylic acids is 1. The Balaban J connectivity index is 1.67. The van der Waals surface area contributed by atoms with E-state index in [4.69, 9.17) is 0 Å². The maximum absolute atomic E-state index is 12.0. The van der Waals surface area contributed by atoms with E-state index < -0.39 is 0 Å². The van der Waals surface area contributed by atoms with Gasteiger partial charge < -0.3 is 4.57 Å². The van der Waals surface area contributed by atoms with E-state index in [9.17, 15) is 4.79 Å². The molecule has 0 aliphatic carbocycles. The Kier molecular flexibility index (Phi) is 3.43. The van der Waals surface area contributed by atoms with Gasteiger partial charge in [-0.15, -0.1) is 0 Å². The van der Waals surface area contributed by atoms with Crippen molar-refractivity contribution in [1.82, 2.24) is 19.3 Å². The summed E-state index contributed by atoms with van der Waals surface area (Å²) >= 11 is 0. The normalized spacial score (nSPS) is 11.0. The van der Waals surface area contributed by atoms with E-state index in [1.54, 1.807) is 10.9 Å². The monoisotopic (exact) mass is 283 g/mol. The number of benzene rings is 1. The molecule has 6 nitrogen and oxygen atoms in total. The zero-order valence-electron chi connectivity index (χ0n) is 12.1. The number of carbonyl (C=O) groups is 1. The van der Waals surface area contributed by atoms with Crippen LogP contribution in [0.15, 0.2) is 36.7 Å². The molecule has 0 saturated carbocycles. The molecule has 3 aromatic rings. The van der Waals surface area contributed by atoms with Crippen LogP contribution in [0.25, 0.3) is 11.0 Å². The third-order valence-electron chi connectivity index (χ3n) is 3.44. The third-order valence-corrected chi connectivity index (χ3v) is 3.44. The zero-order chi connectivity index (χ0) is 14.8. The Morgan fingerprint density at radius 3 is 2.81 bits per heavy atom. The largest absolute Gasteiger partial charge is 0.313 e. The van der Waals surface area contributed by atoms with Gasteiger partial charge in [-0.3, -0.25) is 14.8 Å². The summed E-state index contributed by atoms with van der Waals surface area (Å²) in [5.74, 6) is 0.532. The average Bonchev–Trinajstić information content (AvgIpc) is 3.02. The van der Waals surface area contributed by atoms with Crippen LogP contribution in [0.4, 0.5) is 5.95 Å².